The van der Waals surface area contributed by atoms with E-state index in [1.807, 2.05) is 37.2 Å². The molecule has 1 spiro atoms. The molecule has 6 nitrogen and oxygen atoms in total. The summed E-state index contributed by atoms with van der Waals surface area (Å²) >= 11 is 1.51. The van der Waals surface area contributed by atoms with E-state index in [-0.39, 0.29) is 17.4 Å². The van der Waals surface area contributed by atoms with E-state index in [1.54, 1.807) is 0 Å². The van der Waals surface area contributed by atoms with Crippen molar-refractivity contribution in [2.45, 2.75) is 45.8 Å². The molecule has 2 aliphatic rings. The number of carbonyl (C=O) groups excluding carboxylic acids is 1. The van der Waals surface area contributed by atoms with Crippen LogP contribution in [0.15, 0.2) is 24.5 Å². The predicted molar refractivity (Wildman–Crippen MR) is 114 cm³/mol. The molecule has 0 aliphatic carbocycles. The van der Waals surface area contributed by atoms with Crippen LogP contribution in [-0.4, -0.2) is 65.1 Å². The van der Waals surface area contributed by atoms with Crippen LogP contribution in [0.5, 0.6) is 0 Å². The van der Waals surface area contributed by atoms with Crippen LogP contribution in [0.25, 0.3) is 0 Å². The van der Waals surface area contributed by atoms with Gasteiger partial charge in [0.05, 0.1) is 23.4 Å². The summed E-state index contributed by atoms with van der Waals surface area (Å²) in [5, 5.41) is 0.960. The molecular weight excluding hydrogens is 384 g/mol. The van der Waals surface area contributed by atoms with Crippen molar-refractivity contribution in [3.05, 3.63) is 45.7 Å². The van der Waals surface area contributed by atoms with Gasteiger partial charge in [-0.2, -0.15) is 0 Å². The smallest absolute Gasteiger partial charge is 0.265 e. The fourth-order valence-electron chi connectivity index (χ4n) is 4.63. The average Bonchev–Trinajstić information content (AvgIpc) is 3.25. The molecule has 0 radical (unpaired) electrons. The number of thiazole rings is 1. The van der Waals surface area contributed by atoms with E-state index in [4.69, 9.17) is 4.74 Å². The maximum absolute atomic E-state index is 12.9. The number of pyridine rings is 1. The van der Waals surface area contributed by atoms with Crippen LogP contribution in [0.1, 0.15) is 45.2 Å². The van der Waals surface area contributed by atoms with Gasteiger partial charge in [0, 0.05) is 38.6 Å². The molecule has 7 heteroatoms. The van der Waals surface area contributed by atoms with Crippen molar-refractivity contribution in [1.29, 1.82) is 0 Å². The Balaban J connectivity index is 1.28. The number of amides is 1. The van der Waals surface area contributed by atoms with Crippen LogP contribution in [-0.2, 0) is 11.3 Å². The summed E-state index contributed by atoms with van der Waals surface area (Å²) in [6, 6.07) is 4.09. The third-order valence-corrected chi connectivity index (χ3v) is 7.25. The van der Waals surface area contributed by atoms with E-state index in [9.17, 15) is 4.79 Å². The van der Waals surface area contributed by atoms with Gasteiger partial charge >= 0.3 is 0 Å². The van der Waals surface area contributed by atoms with Crippen LogP contribution in [0.3, 0.4) is 0 Å². The van der Waals surface area contributed by atoms with Crippen molar-refractivity contribution in [2.24, 2.45) is 5.41 Å². The van der Waals surface area contributed by atoms with Gasteiger partial charge in [0.1, 0.15) is 4.88 Å². The molecule has 0 aromatic carbocycles. The number of likely N-dealkylation sites (N-methyl/N-ethyl adjacent to an activating group) is 1. The van der Waals surface area contributed by atoms with Gasteiger partial charge in [-0.25, -0.2) is 4.98 Å². The third kappa shape index (κ3) is 4.68. The summed E-state index contributed by atoms with van der Waals surface area (Å²) in [5.74, 6) is 0.148. The Hall–Kier alpha value is -1.83. The molecule has 1 atom stereocenters. The zero-order valence-corrected chi connectivity index (χ0v) is 18.4. The molecule has 156 valence electrons. The van der Waals surface area contributed by atoms with E-state index in [0.29, 0.717) is 0 Å². The Labute approximate surface area is 176 Å². The highest BCUT2D eigenvalue weighted by Crippen LogP contribution is 2.42. The molecule has 4 rings (SSSR count). The molecule has 0 bridgehead atoms. The van der Waals surface area contributed by atoms with Crippen molar-refractivity contribution >= 4 is 17.2 Å². The van der Waals surface area contributed by atoms with E-state index >= 15 is 0 Å². The first-order valence-electron chi connectivity index (χ1n) is 10.4. The lowest BCUT2D eigenvalue weighted by Crippen LogP contribution is -2.43. The molecule has 2 aliphatic heterocycles. The van der Waals surface area contributed by atoms with Crippen molar-refractivity contribution in [3.63, 3.8) is 0 Å². The van der Waals surface area contributed by atoms with Gasteiger partial charge in [-0.05, 0) is 57.2 Å². The monoisotopic (exact) mass is 414 g/mol. The number of carbonyl (C=O) groups is 1. The van der Waals surface area contributed by atoms with Crippen molar-refractivity contribution in [3.8, 4) is 0 Å². The highest BCUT2D eigenvalue weighted by Gasteiger charge is 2.43. The van der Waals surface area contributed by atoms with Gasteiger partial charge in [-0.15, -0.1) is 11.3 Å². The topological polar surface area (TPSA) is 58.6 Å². The molecular formula is C22H30N4O2S. The average molecular weight is 415 g/mol. The van der Waals surface area contributed by atoms with E-state index in [1.165, 1.54) is 16.9 Å². The van der Waals surface area contributed by atoms with Crippen LogP contribution < -0.4 is 0 Å². The molecule has 1 amide bonds. The quantitative estimate of drug-likeness (QED) is 0.751. The first-order chi connectivity index (χ1) is 13.9. The number of likely N-dealkylation sites (tertiary alicyclic amines) is 1. The lowest BCUT2D eigenvalue weighted by molar-refractivity contribution is 0.0459. The second-order valence-electron chi connectivity index (χ2n) is 8.63. The number of aryl methyl sites for hydroxylation is 2. The molecule has 4 heterocycles. The number of aromatic nitrogens is 2. The van der Waals surface area contributed by atoms with E-state index in [0.717, 1.165) is 67.6 Å². The van der Waals surface area contributed by atoms with Crippen LogP contribution in [0.4, 0.5) is 0 Å². The summed E-state index contributed by atoms with van der Waals surface area (Å²) in [4.78, 5) is 26.6. The standard InChI is InChI=1S/C22H30N4O2S/c1-16-20(29-17(2)24-16)21(27)26-9-6-22(7-10-26)11-19(28-15-22)14-25(3)13-18-5-4-8-23-12-18/h4-5,8,12,19H,6-7,9-11,13-15H2,1-3H3/t19-/m0/s1. The summed E-state index contributed by atoms with van der Waals surface area (Å²) in [7, 11) is 2.14. The Kier molecular flexibility index (Phi) is 5.99. The van der Waals surface area contributed by atoms with E-state index in [2.05, 4.69) is 28.0 Å². The second-order valence-corrected chi connectivity index (χ2v) is 9.84. The lowest BCUT2D eigenvalue weighted by atomic mass is 9.76. The predicted octanol–water partition coefficient (Wildman–Crippen LogP) is 3.30. The minimum absolute atomic E-state index is 0.148. The molecule has 0 N–H and O–H groups in total. The number of nitrogens with zero attached hydrogens (tertiary/aromatic N) is 4. The van der Waals surface area contributed by atoms with Crippen LogP contribution in [0.2, 0.25) is 0 Å². The van der Waals surface area contributed by atoms with Crippen molar-refractivity contribution < 1.29 is 9.53 Å². The molecule has 0 unspecified atom stereocenters. The minimum atomic E-state index is 0.148. The van der Waals surface area contributed by atoms with Gasteiger partial charge < -0.3 is 9.64 Å². The first kappa shape index (κ1) is 20.4. The maximum Gasteiger partial charge on any atom is 0.265 e. The van der Waals surface area contributed by atoms with Crippen molar-refractivity contribution in [2.75, 3.05) is 33.3 Å². The number of rotatable bonds is 5. The lowest BCUT2D eigenvalue weighted by Gasteiger charge is -2.38. The van der Waals surface area contributed by atoms with Gasteiger partial charge in [0.2, 0.25) is 0 Å². The van der Waals surface area contributed by atoms with Gasteiger partial charge in [0.15, 0.2) is 0 Å². The normalized spacial score (nSPS) is 21.2. The molecule has 2 saturated heterocycles. The summed E-state index contributed by atoms with van der Waals surface area (Å²) in [6.45, 7) is 8.16. The molecule has 2 aromatic rings. The summed E-state index contributed by atoms with van der Waals surface area (Å²) in [6.07, 6.45) is 7.14. The second kappa shape index (κ2) is 8.50. The number of piperidine rings is 1. The van der Waals surface area contributed by atoms with Gasteiger partial charge in [-0.1, -0.05) is 6.07 Å². The summed E-state index contributed by atoms with van der Waals surface area (Å²) in [5.41, 5.74) is 2.32. The van der Waals surface area contributed by atoms with Gasteiger partial charge in [-0.3, -0.25) is 14.7 Å². The maximum atomic E-state index is 12.9. The first-order valence-corrected chi connectivity index (χ1v) is 11.2. The number of ether oxygens (including phenoxy) is 1. The Morgan fingerprint density at radius 1 is 1.38 bits per heavy atom. The Morgan fingerprint density at radius 2 is 2.17 bits per heavy atom. The molecule has 29 heavy (non-hydrogen) atoms. The highest BCUT2D eigenvalue weighted by molar-refractivity contribution is 7.13. The van der Waals surface area contributed by atoms with Crippen LogP contribution in [0, 0.1) is 19.3 Å². The zero-order chi connectivity index (χ0) is 20.4. The third-order valence-electron chi connectivity index (χ3n) is 6.19. The van der Waals surface area contributed by atoms with Crippen molar-refractivity contribution in [1.82, 2.24) is 19.8 Å². The Bertz CT molecular complexity index is 846. The van der Waals surface area contributed by atoms with E-state index < -0.39 is 0 Å². The fourth-order valence-corrected chi connectivity index (χ4v) is 5.52. The molecule has 2 fully saturated rings. The largest absolute Gasteiger partial charge is 0.376 e. The van der Waals surface area contributed by atoms with Crippen LogP contribution >= 0.6 is 11.3 Å². The Morgan fingerprint density at radius 3 is 2.83 bits per heavy atom. The SMILES string of the molecule is Cc1nc(C)c(C(=O)N2CCC3(CC2)CO[C@H](CN(C)Cc2cccnc2)C3)s1. The van der Waals surface area contributed by atoms with Gasteiger partial charge in [0.25, 0.3) is 5.91 Å². The summed E-state index contributed by atoms with van der Waals surface area (Å²) < 4.78 is 6.19. The molecule has 2 aromatic heterocycles. The molecule has 0 saturated carbocycles. The number of hydrogen-bond donors (Lipinski definition) is 0. The fraction of sp³-hybridized carbons (Fsp3) is 0.591. The number of hydrogen-bond acceptors (Lipinski definition) is 6. The minimum Gasteiger partial charge on any atom is -0.376 e. The highest BCUT2D eigenvalue weighted by atomic mass is 32.1. The zero-order valence-electron chi connectivity index (χ0n) is 17.6.